The summed E-state index contributed by atoms with van der Waals surface area (Å²) in [6.45, 7) is 2.29. The molecule has 0 aromatic heterocycles. The summed E-state index contributed by atoms with van der Waals surface area (Å²) in [6.07, 6.45) is 19.0. The summed E-state index contributed by atoms with van der Waals surface area (Å²) in [5.41, 5.74) is 4.64. The Morgan fingerprint density at radius 2 is 1.00 bits per heavy atom. The Labute approximate surface area is 214 Å². The van der Waals surface area contributed by atoms with Crippen LogP contribution in [0.1, 0.15) is 119 Å². The van der Waals surface area contributed by atoms with E-state index in [0.29, 0.717) is 5.75 Å². The summed E-state index contributed by atoms with van der Waals surface area (Å²) in [5, 5.41) is 11.0. The van der Waals surface area contributed by atoms with Crippen molar-refractivity contribution in [2.75, 3.05) is 0 Å². The third-order valence-electron chi connectivity index (χ3n) is 7.24. The van der Waals surface area contributed by atoms with Gasteiger partial charge in [0.1, 0.15) is 5.75 Å². The van der Waals surface area contributed by atoms with E-state index in [1.54, 1.807) is 0 Å². The second-order valence-corrected chi connectivity index (χ2v) is 10.1. The maximum Gasteiger partial charge on any atom is 0.120 e. The molecule has 188 valence electrons. The van der Waals surface area contributed by atoms with Crippen LogP contribution in [-0.2, 0) is 6.42 Å². The second-order valence-electron chi connectivity index (χ2n) is 10.1. The molecule has 3 aromatic rings. The van der Waals surface area contributed by atoms with Crippen molar-refractivity contribution in [3.05, 3.63) is 101 Å². The molecule has 0 saturated carbocycles. The molecular weight excluding hydrogens is 424 g/mol. The first-order valence-corrected chi connectivity index (χ1v) is 14.2. The number of aryl methyl sites for hydroxylation is 1. The Balaban J connectivity index is 1.41. The smallest absolute Gasteiger partial charge is 0.120 e. The molecule has 0 unspecified atom stereocenters. The highest BCUT2D eigenvalue weighted by Crippen LogP contribution is 2.37. The molecule has 3 aromatic carbocycles. The lowest BCUT2D eigenvalue weighted by atomic mass is 9.84. The Kier molecular flexibility index (Phi) is 12.5. The van der Waals surface area contributed by atoms with E-state index < -0.39 is 0 Å². The van der Waals surface area contributed by atoms with Crippen LogP contribution in [0.2, 0.25) is 0 Å². The number of phenols is 1. The fraction of sp³-hybridized carbons (Fsp3) is 0.471. The topological polar surface area (TPSA) is 20.2 Å². The summed E-state index contributed by atoms with van der Waals surface area (Å²) in [6, 6.07) is 27.3. The molecule has 0 bridgehead atoms. The summed E-state index contributed by atoms with van der Waals surface area (Å²) in [7, 11) is 0. The average molecular weight is 471 g/mol. The maximum absolute atomic E-state index is 11.0. The number of hydrogen-bond donors (Lipinski definition) is 1. The minimum Gasteiger partial charge on any atom is -0.508 e. The van der Waals surface area contributed by atoms with Gasteiger partial charge in [-0.3, -0.25) is 0 Å². The van der Waals surface area contributed by atoms with Gasteiger partial charge in [0.05, 0.1) is 0 Å². The Hall–Kier alpha value is -2.54. The Morgan fingerprint density at radius 3 is 1.46 bits per heavy atom. The van der Waals surface area contributed by atoms with E-state index in [9.17, 15) is 5.11 Å². The van der Waals surface area contributed by atoms with Crippen molar-refractivity contribution in [2.45, 2.75) is 103 Å². The van der Waals surface area contributed by atoms with Crippen molar-refractivity contribution in [1.82, 2.24) is 0 Å². The molecule has 1 heteroatoms. The molecule has 1 nitrogen and oxygen atoms in total. The lowest BCUT2D eigenvalue weighted by Crippen LogP contribution is -2.04. The van der Waals surface area contributed by atoms with E-state index in [4.69, 9.17) is 0 Å². The van der Waals surface area contributed by atoms with E-state index in [2.05, 4.69) is 67.6 Å². The number of rotatable bonds is 17. The van der Waals surface area contributed by atoms with Gasteiger partial charge in [0.15, 0.2) is 0 Å². The highest BCUT2D eigenvalue weighted by atomic mass is 16.3. The van der Waals surface area contributed by atoms with E-state index >= 15 is 0 Å². The lowest BCUT2D eigenvalue weighted by molar-refractivity contribution is 0.466. The summed E-state index contributed by atoms with van der Waals surface area (Å²) in [5.74, 6) is 0.456. The fourth-order valence-corrected chi connectivity index (χ4v) is 5.18. The zero-order valence-electron chi connectivity index (χ0n) is 21.9. The first-order valence-electron chi connectivity index (χ1n) is 14.2. The summed E-state index contributed by atoms with van der Waals surface area (Å²) in [4.78, 5) is 0. The molecule has 35 heavy (non-hydrogen) atoms. The van der Waals surface area contributed by atoms with Gasteiger partial charge in [0.2, 0.25) is 0 Å². The Bertz CT molecular complexity index is 892. The minimum absolute atomic E-state index is 0.0443. The first kappa shape index (κ1) is 27.1. The molecule has 0 atom stereocenters. The minimum atomic E-state index is 0.0443. The van der Waals surface area contributed by atoms with Gasteiger partial charge in [-0.1, -0.05) is 157 Å². The quantitative estimate of drug-likeness (QED) is 0.154. The highest BCUT2D eigenvalue weighted by molar-refractivity contribution is 5.49. The van der Waals surface area contributed by atoms with E-state index in [1.807, 2.05) is 18.2 Å². The molecule has 3 rings (SSSR count). The number of aromatic hydroxyl groups is 1. The molecule has 0 aliphatic rings. The Morgan fingerprint density at radius 1 is 0.543 bits per heavy atom. The van der Waals surface area contributed by atoms with Crippen LogP contribution < -0.4 is 0 Å². The standard InChI is InChI=1S/C34H46O/c1-2-3-4-5-6-7-8-9-10-11-12-13-16-21-29-26-27-32(33(35)28-29)34(30-22-17-14-18-23-30)31-24-19-15-20-25-31/h14-15,17-20,22-28,34-35H,2-13,16,21H2,1H3. The SMILES string of the molecule is CCCCCCCCCCCCCCCc1ccc(C(c2ccccc2)c2ccccc2)c(O)c1. The molecule has 0 aliphatic carbocycles. The number of phenolic OH excluding ortho intramolecular Hbond substituents is 1. The molecule has 0 radical (unpaired) electrons. The number of unbranched alkanes of at least 4 members (excludes halogenated alkanes) is 12. The van der Waals surface area contributed by atoms with Crippen molar-refractivity contribution < 1.29 is 5.11 Å². The van der Waals surface area contributed by atoms with Gasteiger partial charge >= 0.3 is 0 Å². The van der Waals surface area contributed by atoms with Gasteiger partial charge in [-0.15, -0.1) is 0 Å². The van der Waals surface area contributed by atoms with E-state index in [-0.39, 0.29) is 5.92 Å². The van der Waals surface area contributed by atoms with Crippen LogP contribution in [0.3, 0.4) is 0 Å². The third kappa shape index (κ3) is 9.55. The van der Waals surface area contributed by atoms with Crippen LogP contribution in [0.15, 0.2) is 78.9 Å². The van der Waals surface area contributed by atoms with Gasteiger partial charge in [-0.25, -0.2) is 0 Å². The van der Waals surface area contributed by atoms with Crippen molar-refractivity contribution in [1.29, 1.82) is 0 Å². The van der Waals surface area contributed by atoms with Gasteiger partial charge < -0.3 is 5.11 Å². The molecule has 1 N–H and O–H groups in total. The van der Waals surface area contributed by atoms with Crippen LogP contribution in [0, 0.1) is 0 Å². The summed E-state index contributed by atoms with van der Waals surface area (Å²) < 4.78 is 0. The van der Waals surface area contributed by atoms with Crippen LogP contribution >= 0.6 is 0 Å². The maximum atomic E-state index is 11.0. The van der Waals surface area contributed by atoms with Gasteiger partial charge in [0, 0.05) is 11.5 Å². The van der Waals surface area contributed by atoms with E-state index in [0.717, 1.165) is 12.0 Å². The monoisotopic (exact) mass is 470 g/mol. The number of hydrogen-bond acceptors (Lipinski definition) is 1. The van der Waals surface area contributed by atoms with Crippen LogP contribution in [0.5, 0.6) is 5.75 Å². The van der Waals surface area contributed by atoms with Crippen molar-refractivity contribution in [2.24, 2.45) is 0 Å². The van der Waals surface area contributed by atoms with Crippen LogP contribution in [0.4, 0.5) is 0 Å². The summed E-state index contributed by atoms with van der Waals surface area (Å²) >= 11 is 0. The van der Waals surface area contributed by atoms with Crippen molar-refractivity contribution >= 4 is 0 Å². The van der Waals surface area contributed by atoms with Gasteiger partial charge in [0.25, 0.3) is 0 Å². The van der Waals surface area contributed by atoms with Crippen LogP contribution in [0.25, 0.3) is 0 Å². The van der Waals surface area contributed by atoms with E-state index in [1.165, 1.54) is 100 Å². The molecule has 0 aliphatic heterocycles. The predicted octanol–water partition coefficient (Wildman–Crippen LogP) is 10.2. The van der Waals surface area contributed by atoms with Crippen molar-refractivity contribution in [3.63, 3.8) is 0 Å². The van der Waals surface area contributed by atoms with Gasteiger partial charge in [-0.05, 0) is 35.6 Å². The molecule has 0 fully saturated rings. The van der Waals surface area contributed by atoms with Gasteiger partial charge in [-0.2, -0.15) is 0 Å². The molecule has 0 saturated heterocycles. The molecule has 0 amide bonds. The number of benzene rings is 3. The first-order chi connectivity index (χ1) is 17.3. The van der Waals surface area contributed by atoms with Crippen molar-refractivity contribution in [3.8, 4) is 5.75 Å². The van der Waals surface area contributed by atoms with Crippen LogP contribution in [-0.4, -0.2) is 5.11 Å². The molecule has 0 spiro atoms. The third-order valence-corrected chi connectivity index (χ3v) is 7.24. The second kappa shape index (κ2) is 16.2. The molecular formula is C34H46O. The zero-order valence-corrected chi connectivity index (χ0v) is 21.9. The normalized spacial score (nSPS) is 11.3. The largest absolute Gasteiger partial charge is 0.508 e. The fourth-order valence-electron chi connectivity index (χ4n) is 5.18. The zero-order chi connectivity index (χ0) is 24.6. The molecule has 0 heterocycles. The lowest BCUT2D eigenvalue weighted by Gasteiger charge is -2.20. The average Bonchev–Trinajstić information content (AvgIpc) is 2.89. The highest BCUT2D eigenvalue weighted by Gasteiger charge is 2.19. The predicted molar refractivity (Wildman–Crippen MR) is 151 cm³/mol.